The first-order chi connectivity index (χ1) is 10.5. The molecule has 0 aliphatic heterocycles. The minimum atomic E-state index is -3.51. The van der Waals surface area contributed by atoms with Crippen LogP contribution < -0.4 is 4.72 Å². The smallest absolute Gasteiger partial charge is 0.211 e. The highest BCUT2D eigenvalue weighted by Crippen LogP contribution is 2.12. The molecule has 22 heavy (non-hydrogen) atoms. The Morgan fingerprint density at radius 3 is 2.05 bits per heavy atom. The molecule has 3 nitrogen and oxygen atoms in total. The summed E-state index contributed by atoms with van der Waals surface area (Å²) in [7, 11) is -3.51. The first-order valence-corrected chi connectivity index (χ1v) is 9.51. The van der Waals surface area contributed by atoms with Gasteiger partial charge in [0.15, 0.2) is 0 Å². The van der Waals surface area contributed by atoms with Crippen molar-refractivity contribution in [1.29, 1.82) is 0 Å². The summed E-state index contributed by atoms with van der Waals surface area (Å²) in [5.41, 5.74) is 1.97. The van der Waals surface area contributed by atoms with Gasteiger partial charge in [0, 0.05) is 11.9 Å². The van der Waals surface area contributed by atoms with Crippen molar-refractivity contribution in [2.75, 3.05) is 11.9 Å². The van der Waals surface area contributed by atoms with Gasteiger partial charge in [0.25, 0.3) is 0 Å². The molecule has 1 N–H and O–H groups in total. The summed E-state index contributed by atoms with van der Waals surface area (Å²) < 4.78 is 39.7. The van der Waals surface area contributed by atoms with Crippen LogP contribution in [0.5, 0.6) is 0 Å². The highest BCUT2D eigenvalue weighted by atomic mass is 79.9. The summed E-state index contributed by atoms with van der Waals surface area (Å²) in [6.45, 7) is 0.275. The fourth-order valence-electron chi connectivity index (χ4n) is 2.01. The zero-order valence-electron chi connectivity index (χ0n) is 11.9. The van der Waals surface area contributed by atoms with Gasteiger partial charge in [-0.2, -0.15) is 0 Å². The van der Waals surface area contributed by atoms with Gasteiger partial charge >= 0.3 is 0 Å². The molecule has 0 amide bonds. The summed E-state index contributed by atoms with van der Waals surface area (Å²) in [5, 5.41) is 0.842. The number of benzene rings is 2. The zero-order chi connectivity index (χ0) is 16.0. The number of nitrogens with one attached hydrogen (secondary N) is 1. The highest BCUT2D eigenvalue weighted by molar-refractivity contribution is 9.09. The molecule has 0 heterocycles. The van der Waals surface area contributed by atoms with Crippen molar-refractivity contribution < 1.29 is 12.8 Å². The van der Waals surface area contributed by atoms with Crippen LogP contribution in [0.3, 0.4) is 0 Å². The number of rotatable bonds is 7. The second-order valence-electron chi connectivity index (χ2n) is 4.86. The van der Waals surface area contributed by atoms with E-state index in [2.05, 4.69) is 20.7 Å². The summed E-state index contributed by atoms with van der Waals surface area (Å²) in [6, 6.07) is 12.9. The lowest BCUT2D eigenvalue weighted by atomic mass is 10.1. The van der Waals surface area contributed by atoms with Crippen molar-refractivity contribution in [2.45, 2.75) is 17.7 Å². The molecule has 118 valence electrons. The summed E-state index contributed by atoms with van der Waals surface area (Å²) in [6.07, 6.45) is 1.37. The first-order valence-electron chi connectivity index (χ1n) is 6.90. The number of sulfonamides is 1. The molecule has 6 heteroatoms. The van der Waals surface area contributed by atoms with Gasteiger partial charge in [0.1, 0.15) is 5.82 Å². The van der Waals surface area contributed by atoms with E-state index in [0.29, 0.717) is 6.42 Å². The predicted octanol–water partition coefficient (Wildman–Crippen LogP) is 3.28. The Labute approximate surface area is 138 Å². The molecule has 2 aromatic carbocycles. The van der Waals surface area contributed by atoms with Crippen LogP contribution in [-0.2, 0) is 22.9 Å². The van der Waals surface area contributed by atoms with Crippen LogP contribution in [0, 0.1) is 5.82 Å². The van der Waals surface area contributed by atoms with E-state index in [0.717, 1.165) is 22.9 Å². The van der Waals surface area contributed by atoms with Crippen molar-refractivity contribution in [3.63, 3.8) is 0 Å². The molecule has 2 aromatic rings. The molecule has 0 aliphatic carbocycles. The Morgan fingerprint density at radius 2 is 1.45 bits per heavy atom. The minimum absolute atomic E-state index is 0.255. The lowest BCUT2D eigenvalue weighted by Gasteiger charge is -2.08. The van der Waals surface area contributed by atoms with Crippen LogP contribution in [0.25, 0.3) is 0 Å². The molecule has 0 spiro atoms. The Bertz CT molecular complexity index is 700. The summed E-state index contributed by atoms with van der Waals surface area (Å²) in [4.78, 5) is 0.255. The van der Waals surface area contributed by atoms with E-state index in [4.69, 9.17) is 0 Å². The van der Waals surface area contributed by atoms with E-state index in [1.165, 1.54) is 12.1 Å². The molecule has 0 fully saturated rings. The Morgan fingerprint density at radius 1 is 0.909 bits per heavy atom. The molecule has 0 bridgehead atoms. The third-order valence-electron chi connectivity index (χ3n) is 3.24. The van der Waals surface area contributed by atoms with Crippen LogP contribution in [-0.4, -0.2) is 20.3 Å². The van der Waals surface area contributed by atoms with E-state index >= 15 is 0 Å². The van der Waals surface area contributed by atoms with Gasteiger partial charge < -0.3 is 0 Å². The maximum Gasteiger partial charge on any atom is 0.240 e. The largest absolute Gasteiger partial charge is 0.240 e. The SMILES string of the molecule is O=S(=O)(NCCc1ccc(F)cc1)c1ccc(CCBr)cc1. The van der Waals surface area contributed by atoms with Gasteiger partial charge in [0.05, 0.1) is 4.90 Å². The molecule has 0 aromatic heterocycles. The third-order valence-corrected chi connectivity index (χ3v) is 5.11. The molecule has 0 saturated carbocycles. The number of alkyl halides is 1. The molecule has 0 unspecified atom stereocenters. The second kappa shape index (κ2) is 7.85. The van der Waals surface area contributed by atoms with Gasteiger partial charge in [-0.05, 0) is 48.2 Å². The quantitative estimate of drug-likeness (QED) is 0.743. The maximum atomic E-state index is 12.8. The van der Waals surface area contributed by atoms with Crippen LogP contribution in [0.4, 0.5) is 4.39 Å². The van der Waals surface area contributed by atoms with Crippen LogP contribution in [0.15, 0.2) is 53.4 Å². The van der Waals surface area contributed by atoms with E-state index in [1.54, 1.807) is 24.3 Å². The van der Waals surface area contributed by atoms with Crippen LogP contribution >= 0.6 is 15.9 Å². The number of halogens is 2. The molecule has 0 radical (unpaired) electrons. The summed E-state index contributed by atoms with van der Waals surface area (Å²) >= 11 is 3.35. The predicted molar refractivity (Wildman–Crippen MR) is 89.2 cm³/mol. The van der Waals surface area contributed by atoms with Crippen molar-refractivity contribution >= 4 is 26.0 Å². The van der Waals surface area contributed by atoms with Gasteiger partial charge in [0.2, 0.25) is 10.0 Å². The fourth-order valence-corrected chi connectivity index (χ4v) is 3.50. The number of aryl methyl sites for hydroxylation is 1. The molecule has 0 saturated heterocycles. The van der Waals surface area contributed by atoms with Crippen molar-refractivity contribution in [1.82, 2.24) is 4.72 Å². The normalized spacial score (nSPS) is 11.5. The first kappa shape index (κ1) is 17.1. The lowest BCUT2D eigenvalue weighted by molar-refractivity contribution is 0.581. The van der Waals surface area contributed by atoms with Gasteiger partial charge in [-0.1, -0.05) is 40.2 Å². The topological polar surface area (TPSA) is 46.2 Å². The van der Waals surface area contributed by atoms with Crippen LogP contribution in [0.2, 0.25) is 0 Å². The minimum Gasteiger partial charge on any atom is -0.211 e. The molecule has 2 rings (SSSR count). The summed E-state index contributed by atoms with van der Waals surface area (Å²) in [5.74, 6) is -0.298. The van der Waals surface area contributed by atoms with Crippen molar-refractivity contribution in [3.8, 4) is 0 Å². The highest BCUT2D eigenvalue weighted by Gasteiger charge is 2.13. The second-order valence-corrected chi connectivity index (χ2v) is 7.42. The Kier molecular flexibility index (Phi) is 6.11. The number of hydrogen-bond acceptors (Lipinski definition) is 2. The lowest BCUT2D eigenvalue weighted by Crippen LogP contribution is -2.26. The van der Waals surface area contributed by atoms with Gasteiger partial charge in [-0.3, -0.25) is 0 Å². The maximum absolute atomic E-state index is 12.8. The Balaban J connectivity index is 1.94. The number of hydrogen-bond donors (Lipinski definition) is 1. The van der Waals surface area contributed by atoms with E-state index in [1.807, 2.05) is 12.1 Å². The van der Waals surface area contributed by atoms with E-state index < -0.39 is 10.0 Å². The zero-order valence-corrected chi connectivity index (χ0v) is 14.3. The average molecular weight is 386 g/mol. The fraction of sp³-hybridized carbons (Fsp3) is 0.250. The van der Waals surface area contributed by atoms with E-state index in [-0.39, 0.29) is 17.3 Å². The van der Waals surface area contributed by atoms with Crippen LogP contribution in [0.1, 0.15) is 11.1 Å². The third kappa shape index (κ3) is 4.90. The van der Waals surface area contributed by atoms with Crippen molar-refractivity contribution in [3.05, 3.63) is 65.5 Å². The molecule has 0 aliphatic rings. The molecule has 0 atom stereocenters. The van der Waals surface area contributed by atoms with E-state index in [9.17, 15) is 12.8 Å². The van der Waals surface area contributed by atoms with Crippen molar-refractivity contribution in [2.24, 2.45) is 0 Å². The molecular weight excluding hydrogens is 369 g/mol. The van der Waals surface area contributed by atoms with Gasteiger partial charge in [-0.25, -0.2) is 17.5 Å². The Hall–Kier alpha value is -1.24. The molecular formula is C16H17BrFNO2S. The van der Waals surface area contributed by atoms with Gasteiger partial charge in [-0.15, -0.1) is 0 Å². The monoisotopic (exact) mass is 385 g/mol. The average Bonchev–Trinajstić information content (AvgIpc) is 2.50. The standard InChI is InChI=1S/C16H17BrFNO2S/c17-11-9-13-3-7-16(8-4-13)22(20,21)19-12-10-14-1-5-15(18)6-2-14/h1-8,19H,9-12H2.